The van der Waals surface area contributed by atoms with E-state index in [4.69, 9.17) is 5.73 Å². The van der Waals surface area contributed by atoms with Gasteiger partial charge in [0.05, 0.1) is 6.20 Å². The van der Waals surface area contributed by atoms with Gasteiger partial charge in [-0.3, -0.25) is 10.00 Å². The van der Waals surface area contributed by atoms with Crippen molar-refractivity contribution in [2.75, 3.05) is 13.1 Å². The monoisotopic (exact) mass is 298 g/mol. The number of benzene rings is 1. The van der Waals surface area contributed by atoms with Crippen molar-refractivity contribution in [1.82, 2.24) is 15.1 Å². The second-order valence-electron chi connectivity index (χ2n) is 7.40. The molecule has 22 heavy (non-hydrogen) atoms. The number of nitrogens with two attached hydrogens (primary N) is 1. The summed E-state index contributed by atoms with van der Waals surface area (Å²) in [4.78, 5) is 2.45. The average Bonchev–Trinajstić information content (AvgIpc) is 3.06. The van der Waals surface area contributed by atoms with E-state index in [2.05, 4.69) is 66.2 Å². The van der Waals surface area contributed by atoms with Crippen molar-refractivity contribution >= 4 is 0 Å². The zero-order valence-electron chi connectivity index (χ0n) is 13.7. The molecule has 0 aliphatic carbocycles. The number of rotatable bonds is 3. The number of nitrogens with one attached hydrogen (secondary N) is 1. The Labute approximate surface area is 132 Å². The van der Waals surface area contributed by atoms with Gasteiger partial charge in [0, 0.05) is 48.3 Å². The largest absolute Gasteiger partial charge is 0.326 e. The molecule has 0 unspecified atom stereocenters. The van der Waals surface area contributed by atoms with Crippen molar-refractivity contribution in [1.29, 1.82) is 0 Å². The second-order valence-corrected chi connectivity index (χ2v) is 7.40. The summed E-state index contributed by atoms with van der Waals surface area (Å²) < 4.78 is 0. The molecule has 3 N–H and O–H groups in total. The minimum atomic E-state index is 0.0898. The van der Waals surface area contributed by atoms with E-state index in [1.807, 2.05) is 6.20 Å². The second kappa shape index (κ2) is 5.86. The Balaban J connectivity index is 1.72. The van der Waals surface area contributed by atoms with E-state index < -0.39 is 0 Å². The first-order valence-corrected chi connectivity index (χ1v) is 8.01. The Kier molecular flexibility index (Phi) is 4.06. The van der Waals surface area contributed by atoms with Gasteiger partial charge in [-0.1, -0.05) is 51.1 Å². The number of likely N-dealkylation sites (tertiary alicyclic amines) is 1. The van der Waals surface area contributed by atoms with E-state index in [1.165, 1.54) is 16.8 Å². The molecule has 1 aliphatic heterocycles. The van der Waals surface area contributed by atoms with Crippen LogP contribution in [-0.2, 0) is 12.0 Å². The molecule has 0 bridgehead atoms. The molecule has 4 heteroatoms. The Morgan fingerprint density at radius 1 is 1.23 bits per heavy atom. The molecule has 1 fully saturated rings. The summed E-state index contributed by atoms with van der Waals surface area (Å²) in [6.45, 7) is 9.51. The van der Waals surface area contributed by atoms with Gasteiger partial charge in [-0.15, -0.1) is 0 Å². The van der Waals surface area contributed by atoms with Crippen LogP contribution >= 0.6 is 0 Å². The SMILES string of the molecule is CC(C)(C)c1[nH]ncc1CN1C[C@@H](N)[C@H](c2ccccc2)C1. The summed E-state index contributed by atoms with van der Waals surface area (Å²) >= 11 is 0. The zero-order valence-corrected chi connectivity index (χ0v) is 13.7. The van der Waals surface area contributed by atoms with Crippen molar-refractivity contribution in [2.45, 2.75) is 44.7 Å². The highest BCUT2D eigenvalue weighted by Gasteiger charge is 2.32. The molecule has 118 valence electrons. The van der Waals surface area contributed by atoms with Crippen molar-refractivity contribution in [2.24, 2.45) is 5.73 Å². The maximum Gasteiger partial charge on any atom is 0.0535 e. The number of hydrogen-bond donors (Lipinski definition) is 2. The van der Waals surface area contributed by atoms with Crippen LogP contribution in [0.1, 0.15) is 43.5 Å². The fraction of sp³-hybridized carbons (Fsp3) is 0.500. The predicted molar refractivity (Wildman–Crippen MR) is 89.7 cm³/mol. The lowest BCUT2D eigenvalue weighted by atomic mass is 9.89. The minimum absolute atomic E-state index is 0.0898. The van der Waals surface area contributed by atoms with Crippen molar-refractivity contribution in [3.8, 4) is 0 Å². The maximum absolute atomic E-state index is 6.39. The average molecular weight is 298 g/mol. The van der Waals surface area contributed by atoms with Gasteiger partial charge in [0.15, 0.2) is 0 Å². The highest BCUT2D eigenvalue weighted by Crippen LogP contribution is 2.29. The van der Waals surface area contributed by atoms with Gasteiger partial charge < -0.3 is 5.73 Å². The summed E-state index contributed by atoms with van der Waals surface area (Å²) in [5, 5.41) is 7.41. The lowest BCUT2D eigenvalue weighted by Gasteiger charge is -2.21. The summed E-state index contributed by atoms with van der Waals surface area (Å²) in [7, 11) is 0. The molecule has 2 aromatic rings. The molecule has 2 heterocycles. The molecule has 2 atom stereocenters. The summed E-state index contributed by atoms with van der Waals surface area (Å²) in [5.74, 6) is 0.422. The van der Waals surface area contributed by atoms with Gasteiger partial charge in [0.25, 0.3) is 0 Å². The number of hydrogen-bond acceptors (Lipinski definition) is 3. The molecule has 3 rings (SSSR count). The van der Waals surface area contributed by atoms with Crippen LogP contribution in [0.2, 0.25) is 0 Å². The van der Waals surface area contributed by atoms with Gasteiger partial charge >= 0.3 is 0 Å². The fourth-order valence-corrected chi connectivity index (χ4v) is 3.42. The molecule has 1 saturated heterocycles. The third-order valence-electron chi connectivity index (χ3n) is 4.53. The predicted octanol–water partition coefficient (Wildman–Crippen LogP) is 2.63. The van der Waals surface area contributed by atoms with E-state index >= 15 is 0 Å². The van der Waals surface area contributed by atoms with Crippen LogP contribution in [0, 0.1) is 0 Å². The highest BCUT2D eigenvalue weighted by atomic mass is 15.2. The summed E-state index contributed by atoms with van der Waals surface area (Å²) in [6.07, 6.45) is 1.96. The van der Waals surface area contributed by atoms with Crippen LogP contribution in [0.25, 0.3) is 0 Å². The molecule has 0 radical (unpaired) electrons. The zero-order chi connectivity index (χ0) is 15.7. The Morgan fingerprint density at radius 3 is 2.64 bits per heavy atom. The van der Waals surface area contributed by atoms with Crippen molar-refractivity contribution < 1.29 is 0 Å². The smallest absolute Gasteiger partial charge is 0.0535 e. The topological polar surface area (TPSA) is 57.9 Å². The van der Waals surface area contributed by atoms with Gasteiger partial charge in [0.2, 0.25) is 0 Å². The standard InChI is InChI=1S/C18H26N4/c1-18(2,3)17-14(9-20-21-17)10-22-11-15(16(19)12-22)13-7-5-4-6-8-13/h4-9,15-16H,10-12,19H2,1-3H3,(H,20,21)/t15-,16+/m0/s1. The highest BCUT2D eigenvalue weighted by molar-refractivity contribution is 5.26. The number of nitrogens with zero attached hydrogens (tertiary/aromatic N) is 2. The molecule has 1 aromatic heterocycles. The summed E-state index contributed by atoms with van der Waals surface area (Å²) in [5.41, 5.74) is 10.3. The van der Waals surface area contributed by atoms with E-state index in [-0.39, 0.29) is 11.5 Å². The number of aromatic nitrogens is 2. The molecule has 4 nitrogen and oxygen atoms in total. The van der Waals surface area contributed by atoms with E-state index in [9.17, 15) is 0 Å². The van der Waals surface area contributed by atoms with Crippen LogP contribution in [0.5, 0.6) is 0 Å². The summed E-state index contributed by atoms with van der Waals surface area (Å²) in [6, 6.07) is 10.8. The van der Waals surface area contributed by atoms with Crippen molar-refractivity contribution in [3.63, 3.8) is 0 Å². The molecular formula is C18H26N4. The number of aromatic amines is 1. The van der Waals surface area contributed by atoms with Gasteiger partial charge in [-0.2, -0.15) is 5.10 Å². The van der Waals surface area contributed by atoms with Gasteiger partial charge in [-0.25, -0.2) is 0 Å². The molecule has 1 aromatic carbocycles. The number of H-pyrrole nitrogens is 1. The molecule has 0 saturated carbocycles. The van der Waals surface area contributed by atoms with E-state index in [0.29, 0.717) is 5.92 Å². The van der Waals surface area contributed by atoms with E-state index in [1.54, 1.807) is 0 Å². The quantitative estimate of drug-likeness (QED) is 0.916. The van der Waals surface area contributed by atoms with Gasteiger partial charge in [-0.05, 0) is 5.56 Å². The first kappa shape index (κ1) is 15.3. The third-order valence-corrected chi connectivity index (χ3v) is 4.53. The van der Waals surface area contributed by atoms with Crippen molar-refractivity contribution in [3.05, 3.63) is 53.3 Å². The van der Waals surface area contributed by atoms with Crippen LogP contribution in [0.3, 0.4) is 0 Å². The first-order valence-electron chi connectivity index (χ1n) is 8.01. The lowest BCUT2D eigenvalue weighted by molar-refractivity contribution is 0.320. The molecular weight excluding hydrogens is 272 g/mol. The fourth-order valence-electron chi connectivity index (χ4n) is 3.42. The molecule has 0 amide bonds. The first-order chi connectivity index (χ1) is 10.4. The maximum atomic E-state index is 6.39. The van der Waals surface area contributed by atoms with Gasteiger partial charge in [0.1, 0.15) is 0 Å². The molecule has 0 spiro atoms. The Bertz CT molecular complexity index is 612. The Hall–Kier alpha value is -1.65. The Morgan fingerprint density at radius 2 is 1.95 bits per heavy atom. The lowest BCUT2D eigenvalue weighted by Crippen LogP contribution is -2.29. The van der Waals surface area contributed by atoms with Crippen LogP contribution in [0.15, 0.2) is 36.5 Å². The molecule has 1 aliphatic rings. The minimum Gasteiger partial charge on any atom is -0.326 e. The van der Waals surface area contributed by atoms with Crippen LogP contribution in [0.4, 0.5) is 0 Å². The normalized spacial score (nSPS) is 23.1. The van der Waals surface area contributed by atoms with Crippen LogP contribution < -0.4 is 5.73 Å². The van der Waals surface area contributed by atoms with Crippen LogP contribution in [-0.4, -0.2) is 34.2 Å². The van der Waals surface area contributed by atoms with E-state index in [0.717, 1.165) is 19.6 Å². The third kappa shape index (κ3) is 3.08.